The Morgan fingerprint density at radius 2 is 2.05 bits per heavy atom. The fraction of sp³-hybridized carbons (Fsp3) is 0.143. The molecular weight excluding hydrogens is 264 g/mol. The van der Waals surface area contributed by atoms with Crippen LogP contribution in [0.5, 0.6) is 0 Å². The summed E-state index contributed by atoms with van der Waals surface area (Å²) < 4.78 is 0. The van der Waals surface area contributed by atoms with E-state index in [9.17, 15) is 4.79 Å². The maximum atomic E-state index is 11.0. The van der Waals surface area contributed by atoms with Gasteiger partial charge in [-0.15, -0.1) is 0 Å². The standard InChI is InChI=1S/C14H15ClN2O2/c1-9-3-5-11(6-4-9)12(7-8-16)17-13(10(2)15)14(18)19/h3-7H,2,8,16H2,1H3,(H,18,19)/b12-7-,17-13+. The Kier molecular flexibility index (Phi) is 5.48. The topological polar surface area (TPSA) is 75.7 Å². The van der Waals surface area contributed by atoms with E-state index in [1.807, 2.05) is 31.2 Å². The predicted octanol–water partition coefficient (Wildman–Crippen LogP) is 2.57. The maximum absolute atomic E-state index is 11.0. The number of carboxylic acid groups (broad SMARTS) is 1. The molecule has 0 radical (unpaired) electrons. The average Bonchev–Trinajstić information content (AvgIpc) is 2.34. The number of carbonyl (C=O) groups is 1. The first-order chi connectivity index (χ1) is 8.95. The Hall–Kier alpha value is -1.91. The minimum Gasteiger partial charge on any atom is -0.476 e. The molecule has 1 rings (SSSR count). The number of aliphatic carboxylic acids is 1. The minimum absolute atomic E-state index is 0.123. The summed E-state index contributed by atoms with van der Waals surface area (Å²) in [5.74, 6) is -1.23. The second-order valence-electron chi connectivity index (χ2n) is 3.86. The van der Waals surface area contributed by atoms with Gasteiger partial charge in [-0.2, -0.15) is 0 Å². The van der Waals surface area contributed by atoms with E-state index in [1.165, 1.54) is 0 Å². The summed E-state index contributed by atoms with van der Waals surface area (Å²) >= 11 is 5.63. The number of aryl methyl sites for hydroxylation is 1. The van der Waals surface area contributed by atoms with Crippen molar-refractivity contribution in [1.29, 1.82) is 0 Å². The Labute approximate surface area is 116 Å². The number of nitrogens with zero attached hydrogens (tertiary/aromatic N) is 1. The molecule has 0 atom stereocenters. The number of aliphatic imine (C=N–C) groups is 1. The van der Waals surface area contributed by atoms with Crippen LogP contribution in [0.2, 0.25) is 0 Å². The van der Waals surface area contributed by atoms with E-state index in [-0.39, 0.29) is 17.3 Å². The molecule has 0 aromatic heterocycles. The summed E-state index contributed by atoms with van der Waals surface area (Å²) in [5.41, 5.74) is 7.51. The maximum Gasteiger partial charge on any atom is 0.356 e. The quantitative estimate of drug-likeness (QED) is 0.813. The van der Waals surface area contributed by atoms with Crippen molar-refractivity contribution in [1.82, 2.24) is 0 Å². The van der Waals surface area contributed by atoms with Crippen LogP contribution in [0.4, 0.5) is 0 Å². The molecule has 100 valence electrons. The van der Waals surface area contributed by atoms with Crippen molar-refractivity contribution in [2.75, 3.05) is 6.54 Å². The highest BCUT2D eigenvalue weighted by Gasteiger charge is 2.13. The summed E-state index contributed by atoms with van der Waals surface area (Å²) in [7, 11) is 0. The summed E-state index contributed by atoms with van der Waals surface area (Å²) in [6, 6.07) is 7.50. The van der Waals surface area contributed by atoms with Crippen LogP contribution in [-0.4, -0.2) is 23.3 Å². The van der Waals surface area contributed by atoms with Crippen LogP contribution in [0.3, 0.4) is 0 Å². The monoisotopic (exact) mass is 278 g/mol. The lowest BCUT2D eigenvalue weighted by Gasteiger charge is -2.05. The summed E-state index contributed by atoms with van der Waals surface area (Å²) in [5, 5.41) is 8.89. The van der Waals surface area contributed by atoms with Gasteiger partial charge in [0.25, 0.3) is 0 Å². The van der Waals surface area contributed by atoms with Gasteiger partial charge >= 0.3 is 5.97 Å². The molecule has 0 aliphatic heterocycles. The Bertz CT molecular complexity index is 529. The smallest absolute Gasteiger partial charge is 0.356 e. The van der Waals surface area contributed by atoms with Crippen LogP contribution in [0.15, 0.2) is 46.9 Å². The van der Waals surface area contributed by atoms with E-state index in [0.29, 0.717) is 5.70 Å². The number of rotatable bonds is 5. The largest absolute Gasteiger partial charge is 0.476 e. The molecule has 0 saturated heterocycles. The van der Waals surface area contributed by atoms with Gasteiger partial charge in [0.1, 0.15) is 0 Å². The van der Waals surface area contributed by atoms with Crippen molar-refractivity contribution < 1.29 is 9.90 Å². The highest BCUT2D eigenvalue weighted by molar-refractivity contribution is 6.58. The normalized spacial score (nSPS) is 12.4. The zero-order valence-electron chi connectivity index (χ0n) is 10.6. The van der Waals surface area contributed by atoms with E-state index in [2.05, 4.69) is 11.6 Å². The number of hydrogen-bond donors (Lipinski definition) is 2. The summed E-state index contributed by atoms with van der Waals surface area (Å²) in [6.07, 6.45) is 1.63. The SMILES string of the molecule is C=C(Cl)/C(=N\C(=C/CN)c1ccc(C)cc1)C(=O)O. The molecule has 0 unspecified atom stereocenters. The number of carboxylic acids is 1. The van der Waals surface area contributed by atoms with Gasteiger partial charge in [-0.3, -0.25) is 0 Å². The number of hydrogen-bond acceptors (Lipinski definition) is 3. The minimum atomic E-state index is -1.23. The Morgan fingerprint density at radius 3 is 2.47 bits per heavy atom. The fourth-order valence-electron chi connectivity index (χ4n) is 1.41. The molecule has 0 amide bonds. The van der Waals surface area contributed by atoms with Gasteiger partial charge in [-0.1, -0.05) is 48.0 Å². The van der Waals surface area contributed by atoms with Crippen molar-refractivity contribution >= 4 is 29.0 Å². The van der Waals surface area contributed by atoms with E-state index in [4.69, 9.17) is 22.4 Å². The van der Waals surface area contributed by atoms with Crippen LogP contribution in [0.1, 0.15) is 11.1 Å². The highest BCUT2D eigenvalue weighted by Crippen LogP contribution is 2.18. The van der Waals surface area contributed by atoms with Gasteiger partial charge < -0.3 is 10.8 Å². The molecule has 0 aliphatic carbocycles. The molecule has 1 aromatic carbocycles. The van der Waals surface area contributed by atoms with Crippen LogP contribution in [-0.2, 0) is 4.79 Å². The van der Waals surface area contributed by atoms with Crippen molar-refractivity contribution in [3.8, 4) is 0 Å². The van der Waals surface area contributed by atoms with E-state index in [0.717, 1.165) is 11.1 Å². The third kappa shape index (κ3) is 4.35. The van der Waals surface area contributed by atoms with Crippen LogP contribution in [0, 0.1) is 6.92 Å². The lowest BCUT2D eigenvalue weighted by molar-refractivity contribution is -0.129. The van der Waals surface area contributed by atoms with Crippen molar-refractivity contribution in [2.45, 2.75) is 6.92 Å². The summed E-state index contributed by atoms with van der Waals surface area (Å²) in [6.45, 7) is 5.60. The zero-order chi connectivity index (χ0) is 14.4. The first-order valence-electron chi connectivity index (χ1n) is 5.59. The predicted molar refractivity (Wildman–Crippen MR) is 78.3 cm³/mol. The third-order valence-corrected chi connectivity index (χ3v) is 2.53. The molecule has 1 aromatic rings. The van der Waals surface area contributed by atoms with Crippen LogP contribution < -0.4 is 5.73 Å². The molecule has 0 bridgehead atoms. The van der Waals surface area contributed by atoms with Gasteiger partial charge in [-0.05, 0) is 18.6 Å². The highest BCUT2D eigenvalue weighted by atomic mass is 35.5. The molecule has 0 spiro atoms. The van der Waals surface area contributed by atoms with Crippen molar-refractivity contribution in [3.63, 3.8) is 0 Å². The number of nitrogens with two attached hydrogens (primary N) is 1. The Morgan fingerprint density at radius 1 is 1.47 bits per heavy atom. The fourth-order valence-corrected chi connectivity index (χ4v) is 1.53. The zero-order valence-corrected chi connectivity index (χ0v) is 11.3. The molecule has 19 heavy (non-hydrogen) atoms. The van der Waals surface area contributed by atoms with Crippen molar-refractivity contribution in [3.05, 3.63) is 53.1 Å². The Balaban J connectivity index is 3.26. The lowest BCUT2D eigenvalue weighted by atomic mass is 10.1. The van der Waals surface area contributed by atoms with E-state index >= 15 is 0 Å². The van der Waals surface area contributed by atoms with Gasteiger partial charge in [0.2, 0.25) is 0 Å². The average molecular weight is 279 g/mol. The lowest BCUT2D eigenvalue weighted by Crippen LogP contribution is -2.13. The van der Waals surface area contributed by atoms with Gasteiger partial charge in [-0.25, -0.2) is 9.79 Å². The van der Waals surface area contributed by atoms with Gasteiger partial charge in [0, 0.05) is 6.54 Å². The molecule has 3 N–H and O–H groups in total. The third-order valence-electron chi connectivity index (χ3n) is 2.35. The molecule has 4 nitrogen and oxygen atoms in total. The first-order valence-corrected chi connectivity index (χ1v) is 5.97. The number of halogens is 1. The number of benzene rings is 1. The molecule has 0 heterocycles. The molecule has 0 fully saturated rings. The molecule has 0 aliphatic rings. The summed E-state index contributed by atoms with van der Waals surface area (Å²) in [4.78, 5) is 15.1. The molecule has 0 saturated carbocycles. The van der Waals surface area contributed by atoms with Gasteiger partial charge in [0.15, 0.2) is 5.71 Å². The van der Waals surface area contributed by atoms with Crippen LogP contribution >= 0.6 is 11.6 Å². The van der Waals surface area contributed by atoms with Gasteiger partial charge in [0.05, 0.1) is 10.7 Å². The second kappa shape index (κ2) is 6.87. The first kappa shape index (κ1) is 15.1. The second-order valence-corrected chi connectivity index (χ2v) is 4.32. The molecular formula is C14H15ClN2O2. The molecule has 5 heteroatoms. The van der Waals surface area contributed by atoms with E-state index in [1.54, 1.807) is 6.08 Å². The van der Waals surface area contributed by atoms with Crippen molar-refractivity contribution in [2.24, 2.45) is 10.7 Å². The van der Waals surface area contributed by atoms with E-state index < -0.39 is 5.97 Å². The van der Waals surface area contributed by atoms with Crippen LogP contribution in [0.25, 0.3) is 5.70 Å².